The van der Waals surface area contributed by atoms with Gasteiger partial charge in [-0.05, 0) is 30.9 Å². The predicted molar refractivity (Wildman–Crippen MR) is 52.4 cm³/mol. The van der Waals surface area contributed by atoms with Crippen molar-refractivity contribution in [2.45, 2.75) is 25.4 Å². The van der Waals surface area contributed by atoms with Gasteiger partial charge in [0.2, 0.25) is 0 Å². The van der Waals surface area contributed by atoms with Gasteiger partial charge in [0.1, 0.15) is 0 Å². The molecule has 1 aliphatic rings. The summed E-state index contributed by atoms with van der Waals surface area (Å²) in [5.41, 5.74) is 5.88. The molecule has 4 nitrogen and oxygen atoms in total. The van der Waals surface area contributed by atoms with Crippen molar-refractivity contribution in [2.75, 3.05) is 13.1 Å². The van der Waals surface area contributed by atoms with E-state index < -0.39 is 0 Å². The fourth-order valence-corrected chi connectivity index (χ4v) is 2.25. The van der Waals surface area contributed by atoms with Gasteiger partial charge < -0.3 is 5.73 Å². The van der Waals surface area contributed by atoms with Crippen LogP contribution in [0.5, 0.6) is 0 Å². The average Bonchev–Trinajstić information content (AvgIpc) is 2.57. The van der Waals surface area contributed by atoms with E-state index in [-0.39, 0.29) is 0 Å². The van der Waals surface area contributed by atoms with E-state index in [9.17, 15) is 0 Å². The van der Waals surface area contributed by atoms with Gasteiger partial charge in [-0.15, -0.1) is 5.10 Å². The third-order valence-electron chi connectivity index (χ3n) is 2.33. The first kappa shape index (κ1) is 9.05. The number of aromatic nitrogens is 2. The van der Waals surface area contributed by atoms with Gasteiger partial charge in [0, 0.05) is 19.1 Å². The fraction of sp³-hybridized carbons (Fsp3) is 0.750. The summed E-state index contributed by atoms with van der Waals surface area (Å²) in [5.74, 6) is 0. The van der Waals surface area contributed by atoms with E-state index in [0.717, 1.165) is 26.1 Å². The minimum atomic E-state index is 0.356. The standard InChI is InChI=1S/C8H14N4S/c9-7-2-1-3-12(5-7)6-8-4-10-11-13-8/h4,7H,1-3,5-6,9H2/t7-/m1/s1. The van der Waals surface area contributed by atoms with Gasteiger partial charge in [-0.1, -0.05) is 4.49 Å². The quantitative estimate of drug-likeness (QED) is 0.750. The van der Waals surface area contributed by atoms with Crippen molar-refractivity contribution in [1.29, 1.82) is 0 Å². The Morgan fingerprint density at radius 2 is 2.62 bits per heavy atom. The molecule has 1 atom stereocenters. The number of nitrogens with two attached hydrogens (primary N) is 1. The predicted octanol–water partition coefficient (Wildman–Crippen LogP) is 0.461. The van der Waals surface area contributed by atoms with Crippen molar-refractivity contribution in [1.82, 2.24) is 14.5 Å². The Morgan fingerprint density at radius 3 is 3.31 bits per heavy atom. The normalized spacial score (nSPS) is 24.8. The van der Waals surface area contributed by atoms with Gasteiger partial charge in [-0.3, -0.25) is 4.90 Å². The SMILES string of the molecule is N[C@@H]1CCCN(Cc2cnns2)C1. The summed E-state index contributed by atoms with van der Waals surface area (Å²) < 4.78 is 3.84. The molecular weight excluding hydrogens is 184 g/mol. The van der Waals surface area contributed by atoms with E-state index in [1.807, 2.05) is 6.20 Å². The number of hydrogen-bond acceptors (Lipinski definition) is 5. The van der Waals surface area contributed by atoms with Crippen molar-refractivity contribution in [3.8, 4) is 0 Å². The molecule has 1 aliphatic heterocycles. The van der Waals surface area contributed by atoms with Crippen molar-refractivity contribution in [3.05, 3.63) is 11.1 Å². The minimum absolute atomic E-state index is 0.356. The second kappa shape index (κ2) is 4.13. The first-order valence-electron chi connectivity index (χ1n) is 4.59. The van der Waals surface area contributed by atoms with Crippen LogP contribution in [0.15, 0.2) is 6.20 Å². The van der Waals surface area contributed by atoms with E-state index >= 15 is 0 Å². The Kier molecular flexibility index (Phi) is 2.87. The van der Waals surface area contributed by atoms with Crippen LogP contribution in [0.4, 0.5) is 0 Å². The molecule has 0 spiro atoms. The molecule has 1 aromatic heterocycles. The Morgan fingerprint density at radius 1 is 1.69 bits per heavy atom. The zero-order valence-corrected chi connectivity index (χ0v) is 8.33. The maximum absolute atomic E-state index is 5.88. The lowest BCUT2D eigenvalue weighted by atomic mass is 10.1. The molecule has 0 radical (unpaired) electrons. The summed E-state index contributed by atoms with van der Waals surface area (Å²) in [4.78, 5) is 3.61. The lowest BCUT2D eigenvalue weighted by Crippen LogP contribution is -2.42. The monoisotopic (exact) mass is 198 g/mol. The second-order valence-corrected chi connectivity index (χ2v) is 4.39. The van der Waals surface area contributed by atoms with Crippen LogP contribution in [0.1, 0.15) is 17.7 Å². The Balaban J connectivity index is 1.87. The highest BCUT2D eigenvalue weighted by molar-refractivity contribution is 7.05. The van der Waals surface area contributed by atoms with E-state index in [1.54, 1.807) is 0 Å². The lowest BCUT2D eigenvalue weighted by molar-refractivity contribution is 0.203. The van der Waals surface area contributed by atoms with Crippen LogP contribution >= 0.6 is 11.5 Å². The highest BCUT2D eigenvalue weighted by Gasteiger charge is 2.16. The highest BCUT2D eigenvalue weighted by atomic mass is 32.1. The third kappa shape index (κ3) is 2.46. The van der Waals surface area contributed by atoms with Crippen LogP contribution in [-0.2, 0) is 6.54 Å². The molecule has 1 saturated heterocycles. The van der Waals surface area contributed by atoms with Crippen molar-refractivity contribution >= 4 is 11.5 Å². The molecule has 2 heterocycles. The van der Waals surface area contributed by atoms with Crippen molar-refractivity contribution in [3.63, 3.8) is 0 Å². The molecule has 0 saturated carbocycles. The highest BCUT2D eigenvalue weighted by Crippen LogP contribution is 2.13. The van der Waals surface area contributed by atoms with Crippen LogP contribution in [-0.4, -0.2) is 33.6 Å². The molecule has 0 aliphatic carbocycles. The average molecular weight is 198 g/mol. The molecule has 2 rings (SSSR count). The van der Waals surface area contributed by atoms with Crippen LogP contribution in [0.25, 0.3) is 0 Å². The lowest BCUT2D eigenvalue weighted by Gasteiger charge is -2.29. The van der Waals surface area contributed by atoms with Crippen LogP contribution < -0.4 is 5.73 Å². The zero-order valence-electron chi connectivity index (χ0n) is 7.52. The van der Waals surface area contributed by atoms with Crippen LogP contribution in [0.2, 0.25) is 0 Å². The smallest absolute Gasteiger partial charge is 0.0666 e. The second-order valence-electron chi connectivity index (χ2n) is 3.52. The molecule has 1 aromatic rings. The molecule has 0 bridgehead atoms. The van der Waals surface area contributed by atoms with Gasteiger partial charge in [0.05, 0.1) is 11.1 Å². The van der Waals surface area contributed by atoms with Gasteiger partial charge in [0.25, 0.3) is 0 Å². The summed E-state index contributed by atoms with van der Waals surface area (Å²) in [7, 11) is 0. The molecule has 0 unspecified atom stereocenters. The van der Waals surface area contributed by atoms with Gasteiger partial charge in [0.15, 0.2) is 0 Å². The molecule has 5 heteroatoms. The molecule has 1 fully saturated rings. The van der Waals surface area contributed by atoms with Gasteiger partial charge in [-0.25, -0.2) is 0 Å². The van der Waals surface area contributed by atoms with Crippen LogP contribution in [0, 0.1) is 0 Å². The van der Waals surface area contributed by atoms with E-state index in [4.69, 9.17) is 5.73 Å². The number of nitrogens with zero attached hydrogens (tertiary/aromatic N) is 3. The van der Waals surface area contributed by atoms with E-state index in [0.29, 0.717) is 6.04 Å². The third-order valence-corrected chi connectivity index (χ3v) is 2.97. The van der Waals surface area contributed by atoms with Crippen LogP contribution in [0.3, 0.4) is 0 Å². The number of likely N-dealkylation sites (tertiary alicyclic amines) is 1. The first-order valence-corrected chi connectivity index (χ1v) is 5.36. The molecular formula is C8H14N4S. The summed E-state index contributed by atoms with van der Waals surface area (Å²) in [6, 6.07) is 0.356. The zero-order chi connectivity index (χ0) is 9.10. The van der Waals surface area contributed by atoms with E-state index in [2.05, 4.69) is 14.5 Å². The summed E-state index contributed by atoms with van der Waals surface area (Å²) in [6.45, 7) is 3.13. The van der Waals surface area contributed by atoms with Crippen molar-refractivity contribution < 1.29 is 0 Å². The summed E-state index contributed by atoms with van der Waals surface area (Å²) in [6.07, 6.45) is 4.22. The number of rotatable bonds is 2. The molecule has 72 valence electrons. The molecule has 13 heavy (non-hydrogen) atoms. The van der Waals surface area contributed by atoms with Gasteiger partial charge in [-0.2, -0.15) is 0 Å². The van der Waals surface area contributed by atoms with E-state index in [1.165, 1.54) is 22.8 Å². The summed E-state index contributed by atoms with van der Waals surface area (Å²) >= 11 is 1.47. The first-order chi connectivity index (χ1) is 6.34. The molecule has 0 amide bonds. The maximum Gasteiger partial charge on any atom is 0.0666 e. The Hall–Kier alpha value is -0.520. The summed E-state index contributed by atoms with van der Waals surface area (Å²) in [5, 5.41) is 3.82. The van der Waals surface area contributed by atoms with Gasteiger partial charge >= 0.3 is 0 Å². The molecule has 0 aromatic carbocycles. The Labute approximate surface area is 81.9 Å². The Bertz CT molecular complexity index is 249. The largest absolute Gasteiger partial charge is 0.327 e. The topological polar surface area (TPSA) is 55.0 Å². The minimum Gasteiger partial charge on any atom is -0.327 e. The number of piperidine rings is 1. The maximum atomic E-state index is 5.88. The molecule has 2 N–H and O–H groups in total. The van der Waals surface area contributed by atoms with Crippen molar-refractivity contribution in [2.24, 2.45) is 5.73 Å². The fourth-order valence-electron chi connectivity index (χ4n) is 1.71. The number of hydrogen-bond donors (Lipinski definition) is 1.